The Hall–Kier alpha value is -3.61. The lowest BCUT2D eigenvalue weighted by Gasteiger charge is -2.27. The number of hydrogen-bond acceptors (Lipinski definition) is 8. The number of fused-ring (bicyclic) bond motifs is 2. The maximum atomic E-state index is 13.9. The zero-order valence-electron chi connectivity index (χ0n) is 25.8. The number of anilines is 2. The third kappa shape index (κ3) is 6.57. The lowest BCUT2D eigenvalue weighted by atomic mass is 9.93. The summed E-state index contributed by atoms with van der Waals surface area (Å²) in [5, 5.41) is 5.58. The number of amides is 4. The standard InChI is InChI=1S/C31H43N5O7S/c1-30(13-14-30)44(41,42)34-28(39)31-19-20(31)10-7-5-6-8-15-36(4)27(38)25-18-23(17-24(25)26(37)33-31)43-29(40)32-21-11-9-12-22(16-21)35(2)3/h7,9-12,16,20,23-25H,5-6,8,13-15,17-19H2,1-4H3,(H,32,40)(H,33,37)(H,34,39)/b10-7-/t20-,23+,24-,25-,31+/m0/s1. The summed E-state index contributed by atoms with van der Waals surface area (Å²) in [6.45, 7) is 2.12. The molecule has 1 heterocycles. The van der Waals surface area contributed by atoms with E-state index in [0.29, 0.717) is 25.1 Å². The van der Waals surface area contributed by atoms with Crippen LogP contribution in [-0.2, 0) is 29.1 Å². The van der Waals surface area contributed by atoms with Crippen LogP contribution in [0.5, 0.6) is 0 Å². The van der Waals surface area contributed by atoms with Gasteiger partial charge < -0.3 is 19.9 Å². The number of carbonyl (C=O) groups excluding carboxylic acids is 4. The second-order valence-corrected chi connectivity index (χ2v) is 15.3. The SMILES string of the molecule is CN1CCCC/C=C\[C@H]2C[C@@]2(C(=O)NS(=O)(=O)C2(C)CC2)NC(=O)[C@H]2C[C@@H](OC(=O)Nc3cccc(N(C)C)c3)C[C@@H]2C1=O. The Kier molecular flexibility index (Phi) is 8.71. The molecule has 0 unspecified atom stereocenters. The molecule has 4 aliphatic rings. The first-order chi connectivity index (χ1) is 20.7. The predicted octanol–water partition coefficient (Wildman–Crippen LogP) is 2.77. The van der Waals surface area contributed by atoms with Crippen molar-refractivity contribution in [1.82, 2.24) is 14.9 Å². The van der Waals surface area contributed by atoms with Crippen LogP contribution in [-0.4, -0.2) is 81.2 Å². The molecule has 1 aromatic carbocycles. The number of ether oxygens (including phenoxy) is 1. The molecule has 0 aromatic heterocycles. The van der Waals surface area contributed by atoms with Crippen molar-refractivity contribution in [1.29, 1.82) is 0 Å². The fraction of sp³-hybridized carbons (Fsp3) is 0.613. The summed E-state index contributed by atoms with van der Waals surface area (Å²) in [6.07, 6.45) is 6.17. The van der Waals surface area contributed by atoms with Gasteiger partial charge in [0, 0.05) is 45.0 Å². The highest BCUT2D eigenvalue weighted by Gasteiger charge is 2.63. The van der Waals surface area contributed by atoms with Crippen LogP contribution in [0.15, 0.2) is 36.4 Å². The molecule has 0 radical (unpaired) electrons. The molecule has 3 N–H and O–H groups in total. The van der Waals surface area contributed by atoms with Crippen molar-refractivity contribution in [3.05, 3.63) is 36.4 Å². The Morgan fingerprint density at radius 1 is 1.11 bits per heavy atom. The average Bonchev–Trinajstić information content (AvgIpc) is 3.84. The van der Waals surface area contributed by atoms with Gasteiger partial charge in [-0.25, -0.2) is 13.2 Å². The van der Waals surface area contributed by atoms with Crippen LogP contribution in [0.25, 0.3) is 0 Å². The molecule has 4 amide bonds. The van der Waals surface area contributed by atoms with Crippen molar-refractivity contribution < 1.29 is 32.3 Å². The van der Waals surface area contributed by atoms with Crippen molar-refractivity contribution in [3.8, 4) is 0 Å². The molecule has 1 aromatic rings. The molecule has 3 saturated carbocycles. The van der Waals surface area contributed by atoms with Crippen LogP contribution in [0.1, 0.15) is 58.3 Å². The highest BCUT2D eigenvalue weighted by atomic mass is 32.2. The Balaban J connectivity index is 1.34. The van der Waals surface area contributed by atoms with E-state index in [4.69, 9.17) is 4.74 Å². The first-order valence-corrected chi connectivity index (χ1v) is 16.8. The number of sulfonamides is 1. The van der Waals surface area contributed by atoms with E-state index in [2.05, 4.69) is 15.4 Å². The molecule has 44 heavy (non-hydrogen) atoms. The minimum absolute atomic E-state index is 0.0931. The zero-order valence-corrected chi connectivity index (χ0v) is 26.6. The fourth-order valence-electron chi connectivity index (χ4n) is 6.15. The van der Waals surface area contributed by atoms with Gasteiger partial charge in [0.2, 0.25) is 21.8 Å². The van der Waals surface area contributed by atoms with Crippen molar-refractivity contribution in [2.75, 3.05) is 37.9 Å². The summed E-state index contributed by atoms with van der Waals surface area (Å²) in [5.74, 6) is -3.51. The molecular weight excluding hydrogens is 586 g/mol. The molecule has 240 valence electrons. The fourth-order valence-corrected chi connectivity index (χ4v) is 7.46. The summed E-state index contributed by atoms with van der Waals surface area (Å²) < 4.78 is 32.7. The molecule has 1 aliphatic heterocycles. The highest BCUT2D eigenvalue weighted by Crippen LogP contribution is 2.48. The Labute approximate surface area is 259 Å². The summed E-state index contributed by atoms with van der Waals surface area (Å²) in [5.41, 5.74) is 0.00831. The average molecular weight is 630 g/mol. The second-order valence-electron chi connectivity index (χ2n) is 13.1. The molecule has 3 aliphatic carbocycles. The van der Waals surface area contributed by atoms with Crippen LogP contribution < -0.4 is 20.3 Å². The number of hydrogen-bond donors (Lipinski definition) is 3. The van der Waals surface area contributed by atoms with Crippen LogP contribution in [0.3, 0.4) is 0 Å². The second kappa shape index (κ2) is 12.1. The lowest BCUT2D eigenvalue weighted by Crippen LogP contribution is -2.55. The van der Waals surface area contributed by atoms with Crippen LogP contribution >= 0.6 is 0 Å². The van der Waals surface area contributed by atoms with Gasteiger partial charge in [-0.05, 0) is 76.5 Å². The van der Waals surface area contributed by atoms with E-state index in [9.17, 15) is 27.6 Å². The number of benzene rings is 1. The minimum atomic E-state index is -3.92. The number of nitrogens with zero attached hydrogens (tertiary/aromatic N) is 2. The van der Waals surface area contributed by atoms with Gasteiger partial charge in [-0.1, -0.05) is 18.2 Å². The van der Waals surface area contributed by atoms with Crippen molar-refractivity contribution in [2.45, 2.75) is 74.7 Å². The van der Waals surface area contributed by atoms with Crippen molar-refractivity contribution >= 4 is 45.2 Å². The van der Waals surface area contributed by atoms with Gasteiger partial charge in [0.1, 0.15) is 11.6 Å². The maximum absolute atomic E-state index is 13.9. The highest BCUT2D eigenvalue weighted by molar-refractivity contribution is 7.91. The Morgan fingerprint density at radius 3 is 2.55 bits per heavy atom. The number of nitrogens with one attached hydrogen (secondary N) is 3. The van der Waals surface area contributed by atoms with Crippen LogP contribution in [0, 0.1) is 17.8 Å². The zero-order chi connectivity index (χ0) is 31.9. The molecule has 5 rings (SSSR count). The molecule has 3 fully saturated rings. The van der Waals surface area contributed by atoms with E-state index in [1.165, 1.54) is 0 Å². The smallest absolute Gasteiger partial charge is 0.411 e. The molecule has 12 nitrogen and oxygen atoms in total. The van der Waals surface area contributed by atoms with Gasteiger partial charge in [0.05, 0.1) is 16.6 Å². The molecule has 5 atom stereocenters. The molecule has 13 heteroatoms. The van der Waals surface area contributed by atoms with E-state index in [-0.39, 0.29) is 31.1 Å². The first kappa shape index (κ1) is 31.8. The van der Waals surface area contributed by atoms with E-state index >= 15 is 0 Å². The van der Waals surface area contributed by atoms with E-state index in [1.54, 1.807) is 31.0 Å². The third-order valence-electron chi connectivity index (χ3n) is 9.51. The van der Waals surface area contributed by atoms with Crippen LogP contribution in [0.2, 0.25) is 0 Å². The Bertz CT molecular complexity index is 1460. The van der Waals surface area contributed by atoms with E-state index in [1.807, 2.05) is 43.3 Å². The summed E-state index contributed by atoms with van der Waals surface area (Å²) in [4.78, 5) is 57.3. The topological polar surface area (TPSA) is 154 Å². The molecule has 0 bridgehead atoms. The van der Waals surface area contributed by atoms with E-state index in [0.717, 1.165) is 24.9 Å². The van der Waals surface area contributed by atoms with Gasteiger partial charge in [-0.3, -0.25) is 24.4 Å². The van der Waals surface area contributed by atoms with Gasteiger partial charge in [0.15, 0.2) is 0 Å². The van der Waals surface area contributed by atoms with Gasteiger partial charge in [-0.15, -0.1) is 0 Å². The van der Waals surface area contributed by atoms with Crippen molar-refractivity contribution in [2.24, 2.45) is 17.8 Å². The molecule has 0 saturated heterocycles. The largest absolute Gasteiger partial charge is 0.446 e. The maximum Gasteiger partial charge on any atom is 0.411 e. The molecular formula is C31H43N5O7S. The van der Waals surface area contributed by atoms with Crippen molar-refractivity contribution in [3.63, 3.8) is 0 Å². The number of rotatable bonds is 6. The predicted molar refractivity (Wildman–Crippen MR) is 165 cm³/mol. The lowest BCUT2D eigenvalue weighted by molar-refractivity contribution is -0.140. The monoisotopic (exact) mass is 629 g/mol. The minimum Gasteiger partial charge on any atom is -0.446 e. The molecule has 0 spiro atoms. The van der Waals surface area contributed by atoms with Gasteiger partial charge >= 0.3 is 6.09 Å². The summed E-state index contributed by atoms with van der Waals surface area (Å²) in [6, 6.07) is 7.25. The summed E-state index contributed by atoms with van der Waals surface area (Å²) in [7, 11) is 1.56. The summed E-state index contributed by atoms with van der Waals surface area (Å²) >= 11 is 0. The Morgan fingerprint density at radius 2 is 1.84 bits per heavy atom. The number of allylic oxidation sites excluding steroid dienone is 1. The quantitative estimate of drug-likeness (QED) is 0.406. The van der Waals surface area contributed by atoms with Gasteiger partial charge in [-0.2, -0.15) is 0 Å². The van der Waals surface area contributed by atoms with Gasteiger partial charge in [0.25, 0.3) is 5.91 Å². The van der Waals surface area contributed by atoms with Crippen LogP contribution in [0.4, 0.5) is 16.2 Å². The van der Waals surface area contributed by atoms with E-state index < -0.39 is 56.2 Å². The first-order valence-electron chi connectivity index (χ1n) is 15.3. The number of carbonyl (C=O) groups is 4. The normalized spacial score (nSPS) is 30.5. The third-order valence-corrected chi connectivity index (χ3v) is 11.7.